The van der Waals surface area contributed by atoms with Crippen molar-refractivity contribution in [3.05, 3.63) is 204 Å². The molecule has 400 valence electrons. The topological polar surface area (TPSA) is 178 Å². The number of carbonyl (C=O) groups is 2. The number of carbonyl (C=O) groups excluding carboxylic acids is 2. The molecular formula is C60H45BrCl4N4O10. The molecule has 2 aliphatic carbocycles. The zero-order valence-corrected chi connectivity index (χ0v) is 46.7. The highest BCUT2D eigenvalue weighted by Gasteiger charge is 2.35. The SMILES string of the molecule is COC(=O)c1ccc(Br)nc1.COC(=O)c1ccc(Oc2ccc3cc(OCc4c(-c5c(Cl)cccc5Cl)noc4C4CC4)ccc3c2)nc1.Oc1ccc2cc(OCc3c(-c4c(Cl)cccc4Cl)noc3C3CC3)ccc2c1. The Hall–Kier alpha value is -7.66. The minimum Gasteiger partial charge on any atom is -0.508 e. The average Bonchev–Trinajstić information content (AvgIpc) is 4.49. The molecule has 79 heavy (non-hydrogen) atoms. The lowest BCUT2D eigenvalue weighted by molar-refractivity contribution is 0.0591. The summed E-state index contributed by atoms with van der Waals surface area (Å²) in [6.45, 7) is 0.571. The molecule has 2 saturated carbocycles. The second-order valence-electron chi connectivity index (χ2n) is 18.3. The molecule has 0 radical (unpaired) electrons. The zero-order valence-electron chi connectivity index (χ0n) is 42.1. The van der Waals surface area contributed by atoms with E-state index in [4.69, 9.17) is 74.4 Å². The Morgan fingerprint density at radius 1 is 0.557 bits per heavy atom. The highest BCUT2D eigenvalue weighted by molar-refractivity contribution is 9.10. The number of methoxy groups -OCH3 is 2. The van der Waals surface area contributed by atoms with Gasteiger partial charge in [0.05, 0.1) is 56.6 Å². The summed E-state index contributed by atoms with van der Waals surface area (Å²) in [4.78, 5) is 30.5. The largest absolute Gasteiger partial charge is 0.508 e. The van der Waals surface area contributed by atoms with Crippen LogP contribution >= 0.6 is 62.3 Å². The molecule has 4 heterocycles. The lowest BCUT2D eigenvalue weighted by Gasteiger charge is -2.11. The van der Waals surface area contributed by atoms with Crippen LogP contribution in [0.2, 0.25) is 20.1 Å². The predicted octanol–water partition coefficient (Wildman–Crippen LogP) is 16.8. The van der Waals surface area contributed by atoms with Crippen LogP contribution in [-0.4, -0.2) is 51.5 Å². The molecule has 6 aromatic carbocycles. The summed E-state index contributed by atoms with van der Waals surface area (Å²) >= 11 is 28.9. The Morgan fingerprint density at radius 3 is 1.42 bits per heavy atom. The first kappa shape index (κ1) is 54.7. The first-order valence-corrected chi connectivity index (χ1v) is 26.9. The van der Waals surface area contributed by atoms with Gasteiger partial charge in [0.1, 0.15) is 63.7 Å². The van der Waals surface area contributed by atoms with Gasteiger partial charge in [0.2, 0.25) is 5.88 Å². The quantitative estimate of drug-likeness (QED) is 0.0803. The van der Waals surface area contributed by atoms with Crippen molar-refractivity contribution >= 4 is 95.8 Å². The molecule has 0 atom stereocenters. The molecule has 12 rings (SSSR count). The smallest absolute Gasteiger partial charge is 0.339 e. The fraction of sp³-hybridized carbons (Fsp3) is 0.167. The number of esters is 2. The van der Waals surface area contributed by atoms with Gasteiger partial charge in [-0.15, -0.1) is 0 Å². The van der Waals surface area contributed by atoms with Crippen molar-refractivity contribution in [3.63, 3.8) is 0 Å². The molecule has 0 saturated heterocycles. The Kier molecular flexibility index (Phi) is 17.0. The molecule has 0 aliphatic heterocycles. The van der Waals surface area contributed by atoms with Crippen LogP contribution in [0.3, 0.4) is 0 Å². The Morgan fingerprint density at radius 2 is 0.987 bits per heavy atom. The van der Waals surface area contributed by atoms with Gasteiger partial charge in [0.25, 0.3) is 0 Å². The molecular weight excluding hydrogens is 1160 g/mol. The van der Waals surface area contributed by atoms with Gasteiger partial charge in [0, 0.05) is 41.4 Å². The van der Waals surface area contributed by atoms with Crippen molar-refractivity contribution < 1.29 is 47.4 Å². The van der Waals surface area contributed by atoms with Crippen molar-refractivity contribution in [1.29, 1.82) is 0 Å². The number of fused-ring (bicyclic) bond motifs is 2. The molecule has 2 aliphatic rings. The highest BCUT2D eigenvalue weighted by Crippen LogP contribution is 2.48. The van der Waals surface area contributed by atoms with Crippen LogP contribution in [0.4, 0.5) is 0 Å². The van der Waals surface area contributed by atoms with E-state index in [0.29, 0.717) is 94.2 Å². The van der Waals surface area contributed by atoms with Gasteiger partial charge < -0.3 is 37.8 Å². The number of benzene rings is 6. The van der Waals surface area contributed by atoms with Crippen LogP contribution in [-0.2, 0) is 22.7 Å². The van der Waals surface area contributed by atoms with Gasteiger partial charge in [-0.25, -0.2) is 19.6 Å². The maximum absolute atomic E-state index is 11.6. The molecule has 1 N–H and O–H groups in total. The number of hydrogen-bond donors (Lipinski definition) is 1. The summed E-state index contributed by atoms with van der Waals surface area (Å²) in [6.07, 6.45) is 7.15. The van der Waals surface area contributed by atoms with Gasteiger partial charge in [-0.1, -0.05) is 93.1 Å². The van der Waals surface area contributed by atoms with E-state index in [1.807, 2.05) is 60.7 Å². The maximum atomic E-state index is 11.6. The number of aromatic nitrogens is 4. The number of phenols is 1. The first-order valence-electron chi connectivity index (χ1n) is 24.6. The molecule has 14 nitrogen and oxygen atoms in total. The molecule has 0 spiro atoms. The number of pyridine rings is 2. The number of rotatable bonds is 14. The number of aromatic hydroxyl groups is 1. The van der Waals surface area contributed by atoms with E-state index in [9.17, 15) is 14.7 Å². The molecule has 0 unspecified atom stereocenters. The van der Waals surface area contributed by atoms with Crippen LogP contribution in [0.1, 0.15) is 80.9 Å². The summed E-state index contributed by atoms with van der Waals surface area (Å²) < 4.78 is 39.5. The molecule has 0 bridgehead atoms. The minimum absolute atomic E-state index is 0.242. The maximum Gasteiger partial charge on any atom is 0.339 e. The van der Waals surface area contributed by atoms with Gasteiger partial charge in [0.15, 0.2) is 0 Å². The molecule has 10 aromatic rings. The van der Waals surface area contributed by atoms with Crippen LogP contribution < -0.4 is 14.2 Å². The number of ether oxygens (including phenoxy) is 5. The monoisotopic (exact) mass is 1200 g/mol. The molecule has 4 aromatic heterocycles. The minimum atomic E-state index is -0.450. The third kappa shape index (κ3) is 13.1. The summed E-state index contributed by atoms with van der Waals surface area (Å²) in [6, 6.07) is 39.9. The van der Waals surface area contributed by atoms with Crippen molar-refractivity contribution in [2.45, 2.75) is 50.7 Å². The van der Waals surface area contributed by atoms with E-state index in [2.05, 4.69) is 40.9 Å². The molecule has 2 fully saturated rings. The number of phenolic OH excluding ortho intramolecular Hbond substituents is 1. The Balaban J connectivity index is 0.000000154. The third-order valence-electron chi connectivity index (χ3n) is 12.8. The van der Waals surface area contributed by atoms with Crippen LogP contribution in [0.5, 0.6) is 28.9 Å². The lowest BCUT2D eigenvalue weighted by atomic mass is 10.0. The summed E-state index contributed by atoms with van der Waals surface area (Å²) in [5, 5.41) is 24.2. The van der Waals surface area contributed by atoms with Crippen LogP contribution in [0.15, 0.2) is 160 Å². The molecule has 19 heteroatoms. The fourth-order valence-electron chi connectivity index (χ4n) is 8.48. The van der Waals surface area contributed by atoms with Crippen LogP contribution in [0, 0.1) is 0 Å². The van der Waals surface area contributed by atoms with Crippen molar-refractivity contribution in [3.8, 4) is 51.4 Å². The van der Waals surface area contributed by atoms with E-state index in [1.165, 1.54) is 26.6 Å². The van der Waals surface area contributed by atoms with E-state index < -0.39 is 5.97 Å². The van der Waals surface area contributed by atoms with E-state index in [-0.39, 0.29) is 18.3 Å². The standard InChI is InChI=1S/C30H22Cl2N2O5.C23H17Cl2NO3.C7H6BrNO2/c1-36-30(35)20-9-12-26(33-15-20)38-22-11-8-18-13-21(10-7-19(18)14-22)37-16-23-28(34-39-29(23)17-5-6-17)27-24(31)3-2-4-25(27)32;24-19-2-1-3-20(25)21(19)22-18(23(29-26-22)13-4-5-13)12-28-17-9-7-14-10-16(27)8-6-15(14)11-17;1-11-7(10)5-2-3-6(8)9-4-5/h2-4,7-15,17H,5-6,16H2,1H3;1-3,6-11,13,27H,4-5,12H2;2-4H,1H3. The summed E-state index contributed by atoms with van der Waals surface area (Å²) in [5.74, 6) is 4.23. The Bertz CT molecular complexity index is 3810. The van der Waals surface area contributed by atoms with Gasteiger partial charge >= 0.3 is 11.9 Å². The highest BCUT2D eigenvalue weighted by atomic mass is 79.9. The number of hydrogen-bond acceptors (Lipinski definition) is 14. The van der Waals surface area contributed by atoms with Crippen molar-refractivity contribution in [2.75, 3.05) is 14.2 Å². The van der Waals surface area contributed by atoms with E-state index in [1.54, 1.807) is 72.8 Å². The Labute approximate surface area is 481 Å². The average molecular weight is 1200 g/mol. The van der Waals surface area contributed by atoms with Gasteiger partial charge in [-0.2, -0.15) is 0 Å². The predicted molar refractivity (Wildman–Crippen MR) is 305 cm³/mol. The van der Waals surface area contributed by atoms with E-state index >= 15 is 0 Å². The normalized spacial score (nSPS) is 12.7. The summed E-state index contributed by atoms with van der Waals surface area (Å²) in [7, 11) is 2.66. The summed E-state index contributed by atoms with van der Waals surface area (Å²) in [5.41, 5.74) is 5.12. The van der Waals surface area contributed by atoms with Crippen LogP contribution in [0.25, 0.3) is 44.1 Å². The lowest BCUT2D eigenvalue weighted by Crippen LogP contribution is -2.01. The van der Waals surface area contributed by atoms with Gasteiger partial charge in [-0.05, 0) is 154 Å². The van der Waals surface area contributed by atoms with Crippen molar-refractivity contribution in [1.82, 2.24) is 20.3 Å². The van der Waals surface area contributed by atoms with Crippen molar-refractivity contribution in [2.24, 2.45) is 0 Å². The third-order valence-corrected chi connectivity index (χ3v) is 14.5. The number of nitrogens with zero attached hydrogens (tertiary/aromatic N) is 4. The van der Waals surface area contributed by atoms with E-state index in [0.717, 1.165) is 75.6 Å². The van der Waals surface area contributed by atoms with Gasteiger partial charge in [-0.3, -0.25) is 0 Å². The number of halogens is 5. The fourth-order valence-corrected chi connectivity index (χ4v) is 9.87. The first-order chi connectivity index (χ1) is 38.3. The second kappa shape index (κ2) is 24.6. The second-order valence-corrected chi connectivity index (χ2v) is 20.7. The zero-order chi connectivity index (χ0) is 55.2. The molecule has 0 amide bonds.